The van der Waals surface area contributed by atoms with Gasteiger partial charge in [0, 0.05) is 0 Å². The average molecular weight is 244 g/mol. The Bertz CT molecular complexity index is 441. The van der Waals surface area contributed by atoms with E-state index in [1.807, 2.05) is 19.1 Å². The molecule has 0 aliphatic heterocycles. The third-order valence-corrected chi connectivity index (χ3v) is 3.07. The molecule has 18 heavy (non-hydrogen) atoms. The van der Waals surface area contributed by atoms with E-state index >= 15 is 0 Å². The molecule has 1 aromatic carbocycles. The number of allylic oxidation sites excluding steroid dienone is 1. The van der Waals surface area contributed by atoms with Crippen LogP contribution in [0.4, 0.5) is 0 Å². The second kappa shape index (κ2) is 5.90. The molecule has 0 aliphatic rings. The van der Waals surface area contributed by atoms with Gasteiger partial charge in [-0.1, -0.05) is 37.8 Å². The Labute approximate surface area is 111 Å². The van der Waals surface area contributed by atoms with Crippen molar-refractivity contribution < 1.29 is 4.74 Å². The maximum Gasteiger partial charge on any atom is 0.120 e. The average Bonchev–Trinajstić information content (AvgIpc) is 2.28. The molecule has 0 saturated heterocycles. The Kier molecular flexibility index (Phi) is 4.77. The van der Waals surface area contributed by atoms with Gasteiger partial charge in [0.2, 0.25) is 0 Å². The molecule has 0 radical (unpaired) electrons. The van der Waals surface area contributed by atoms with E-state index in [0.717, 1.165) is 29.7 Å². The van der Waals surface area contributed by atoms with E-state index in [-0.39, 0.29) is 5.60 Å². The summed E-state index contributed by atoms with van der Waals surface area (Å²) in [4.78, 5) is 0. The number of hydrogen-bond donors (Lipinski definition) is 0. The van der Waals surface area contributed by atoms with E-state index in [1.54, 1.807) is 0 Å². The summed E-state index contributed by atoms with van der Waals surface area (Å²) >= 11 is 0. The van der Waals surface area contributed by atoms with Crippen LogP contribution in [0.15, 0.2) is 36.9 Å². The molecular weight excluding hydrogens is 220 g/mol. The standard InChI is InChI=1S/C17H24O/c1-7-14-9-10-16(18-17(5,6)8-2)12-15(14)11-13(3)4/h7,9-10,12H,1,3,8,11H2,2,4-6H3. The number of hydrogen-bond acceptors (Lipinski definition) is 1. The lowest BCUT2D eigenvalue weighted by molar-refractivity contribution is 0.105. The molecule has 0 N–H and O–H groups in total. The highest BCUT2D eigenvalue weighted by Gasteiger charge is 2.17. The van der Waals surface area contributed by atoms with Crippen molar-refractivity contribution in [1.29, 1.82) is 0 Å². The highest BCUT2D eigenvalue weighted by molar-refractivity contribution is 5.55. The molecule has 0 bridgehead atoms. The van der Waals surface area contributed by atoms with E-state index in [9.17, 15) is 0 Å². The van der Waals surface area contributed by atoms with Gasteiger partial charge in [0.1, 0.15) is 11.4 Å². The first-order valence-corrected chi connectivity index (χ1v) is 6.46. The molecule has 0 atom stereocenters. The van der Waals surface area contributed by atoms with Gasteiger partial charge in [0.15, 0.2) is 0 Å². The van der Waals surface area contributed by atoms with Crippen molar-refractivity contribution in [1.82, 2.24) is 0 Å². The summed E-state index contributed by atoms with van der Waals surface area (Å²) < 4.78 is 6.01. The molecule has 1 heteroatoms. The van der Waals surface area contributed by atoms with E-state index < -0.39 is 0 Å². The summed E-state index contributed by atoms with van der Waals surface area (Å²) in [6.07, 6.45) is 3.73. The first kappa shape index (κ1) is 14.6. The van der Waals surface area contributed by atoms with Crippen LogP contribution in [0.5, 0.6) is 5.75 Å². The van der Waals surface area contributed by atoms with E-state index in [2.05, 4.69) is 46.1 Å². The molecule has 0 amide bonds. The molecule has 0 aromatic heterocycles. The second-order valence-corrected chi connectivity index (χ2v) is 5.41. The third kappa shape index (κ3) is 4.06. The fourth-order valence-electron chi connectivity index (χ4n) is 1.71. The topological polar surface area (TPSA) is 9.23 Å². The smallest absolute Gasteiger partial charge is 0.120 e. The molecule has 0 spiro atoms. The van der Waals surface area contributed by atoms with E-state index in [1.165, 1.54) is 5.56 Å². The normalized spacial score (nSPS) is 11.1. The van der Waals surface area contributed by atoms with Crippen molar-refractivity contribution >= 4 is 6.08 Å². The van der Waals surface area contributed by atoms with Gasteiger partial charge in [-0.25, -0.2) is 0 Å². The first-order chi connectivity index (χ1) is 8.38. The Hall–Kier alpha value is -1.50. The molecule has 0 saturated carbocycles. The number of benzene rings is 1. The maximum atomic E-state index is 6.01. The Balaban J connectivity index is 3.02. The van der Waals surface area contributed by atoms with Crippen molar-refractivity contribution in [3.05, 3.63) is 48.1 Å². The van der Waals surface area contributed by atoms with Crippen LogP contribution in [0.3, 0.4) is 0 Å². The van der Waals surface area contributed by atoms with Crippen molar-refractivity contribution in [2.75, 3.05) is 0 Å². The molecule has 0 fully saturated rings. The van der Waals surface area contributed by atoms with Crippen molar-refractivity contribution in [3.63, 3.8) is 0 Å². The number of rotatable bonds is 6. The van der Waals surface area contributed by atoms with E-state index in [0.29, 0.717) is 0 Å². The SMILES string of the molecule is C=Cc1ccc(OC(C)(C)CC)cc1CC(=C)C. The summed E-state index contributed by atoms with van der Waals surface area (Å²) in [6.45, 7) is 16.2. The van der Waals surface area contributed by atoms with Crippen LogP contribution >= 0.6 is 0 Å². The maximum absolute atomic E-state index is 6.01. The van der Waals surface area contributed by atoms with Crippen LogP contribution in [0, 0.1) is 0 Å². The summed E-state index contributed by atoms with van der Waals surface area (Å²) in [5.41, 5.74) is 3.39. The van der Waals surface area contributed by atoms with Gasteiger partial charge in [0.25, 0.3) is 0 Å². The first-order valence-electron chi connectivity index (χ1n) is 6.46. The lowest BCUT2D eigenvalue weighted by Crippen LogP contribution is -2.26. The zero-order valence-corrected chi connectivity index (χ0v) is 12.0. The van der Waals surface area contributed by atoms with E-state index in [4.69, 9.17) is 4.74 Å². The molecule has 0 aliphatic carbocycles. The minimum atomic E-state index is -0.129. The monoisotopic (exact) mass is 244 g/mol. The summed E-state index contributed by atoms with van der Waals surface area (Å²) in [6, 6.07) is 6.17. The minimum Gasteiger partial charge on any atom is -0.488 e. The zero-order chi connectivity index (χ0) is 13.8. The van der Waals surface area contributed by atoms with Crippen LogP contribution in [-0.2, 0) is 6.42 Å². The van der Waals surface area contributed by atoms with Crippen molar-refractivity contribution in [2.45, 2.75) is 46.1 Å². The fourth-order valence-corrected chi connectivity index (χ4v) is 1.71. The highest BCUT2D eigenvalue weighted by Crippen LogP contribution is 2.25. The van der Waals surface area contributed by atoms with Crippen molar-refractivity contribution in [2.24, 2.45) is 0 Å². The van der Waals surface area contributed by atoms with Gasteiger partial charge in [-0.2, -0.15) is 0 Å². The Morgan fingerprint density at radius 2 is 2.06 bits per heavy atom. The van der Waals surface area contributed by atoms with Crippen LogP contribution in [-0.4, -0.2) is 5.60 Å². The van der Waals surface area contributed by atoms with Crippen LogP contribution in [0.2, 0.25) is 0 Å². The quantitative estimate of drug-likeness (QED) is 0.639. The van der Waals surface area contributed by atoms with Gasteiger partial charge in [-0.15, -0.1) is 0 Å². The molecule has 1 nitrogen and oxygen atoms in total. The fraction of sp³-hybridized carbons (Fsp3) is 0.412. The van der Waals surface area contributed by atoms with Gasteiger partial charge < -0.3 is 4.74 Å². The molecule has 1 aromatic rings. The predicted molar refractivity (Wildman–Crippen MR) is 80.0 cm³/mol. The summed E-state index contributed by atoms with van der Waals surface area (Å²) in [5, 5.41) is 0. The highest BCUT2D eigenvalue weighted by atomic mass is 16.5. The Morgan fingerprint density at radius 1 is 1.39 bits per heavy atom. The van der Waals surface area contributed by atoms with Crippen LogP contribution in [0.1, 0.15) is 45.2 Å². The van der Waals surface area contributed by atoms with Crippen LogP contribution < -0.4 is 4.74 Å². The molecule has 1 rings (SSSR count). The predicted octanol–water partition coefficient (Wildman–Crippen LogP) is 5.02. The molecular formula is C17H24O. The van der Waals surface area contributed by atoms with Crippen molar-refractivity contribution in [3.8, 4) is 5.75 Å². The third-order valence-electron chi connectivity index (χ3n) is 3.07. The summed E-state index contributed by atoms with van der Waals surface area (Å²) in [5.74, 6) is 0.920. The van der Waals surface area contributed by atoms with Crippen LogP contribution in [0.25, 0.3) is 6.08 Å². The molecule has 0 unspecified atom stereocenters. The van der Waals surface area contributed by atoms with Gasteiger partial charge in [-0.05, 0) is 56.9 Å². The van der Waals surface area contributed by atoms with Gasteiger partial charge in [-0.3, -0.25) is 0 Å². The lowest BCUT2D eigenvalue weighted by Gasteiger charge is -2.25. The molecule has 98 valence electrons. The minimum absolute atomic E-state index is 0.129. The largest absolute Gasteiger partial charge is 0.488 e. The zero-order valence-electron chi connectivity index (χ0n) is 12.0. The van der Waals surface area contributed by atoms with Gasteiger partial charge >= 0.3 is 0 Å². The second-order valence-electron chi connectivity index (χ2n) is 5.41. The Morgan fingerprint density at radius 3 is 2.56 bits per heavy atom. The summed E-state index contributed by atoms with van der Waals surface area (Å²) in [7, 11) is 0. The molecule has 0 heterocycles. The van der Waals surface area contributed by atoms with Gasteiger partial charge in [0.05, 0.1) is 0 Å². The lowest BCUT2D eigenvalue weighted by atomic mass is 10.0. The number of ether oxygens (including phenoxy) is 1.